The minimum absolute atomic E-state index is 0.0325. The predicted molar refractivity (Wildman–Crippen MR) is 85.9 cm³/mol. The molecule has 0 spiro atoms. The molecule has 1 amide bonds. The highest BCUT2D eigenvalue weighted by atomic mass is 32.1. The topological polar surface area (TPSA) is 79.3 Å². The maximum atomic E-state index is 12.1. The molecule has 1 aromatic rings. The molecule has 1 fully saturated rings. The first kappa shape index (κ1) is 16.9. The van der Waals surface area contributed by atoms with Crippen molar-refractivity contribution in [3.8, 4) is 0 Å². The van der Waals surface area contributed by atoms with Crippen LogP contribution in [0.5, 0.6) is 0 Å². The summed E-state index contributed by atoms with van der Waals surface area (Å²) in [7, 11) is 0. The quantitative estimate of drug-likeness (QED) is 0.872. The molecular formula is C16H24N2O3S. The number of carbonyl (C=O) groups excluding carboxylic acids is 1. The molecule has 122 valence electrons. The normalized spacial score (nSPS) is 23.1. The molecule has 2 rings (SSSR count). The van der Waals surface area contributed by atoms with Crippen LogP contribution in [-0.2, 0) is 21.4 Å². The third-order valence-corrected chi connectivity index (χ3v) is 5.24. The Kier molecular flexibility index (Phi) is 4.35. The first-order chi connectivity index (χ1) is 10.0. The number of nitrogens with one attached hydrogen (secondary N) is 1. The number of hydrogen-bond acceptors (Lipinski definition) is 4. The van der Waals surface area contributed by atoms with E-state index in [0.717, 1.165) is 10.7 Å². The van der Waals surface area contributed by atoms with Crippen LogP contribution in [0.15, 0.2) is 5.38 Å². The maximum Gasteiger partial charge on any atom is 0.307 e. The Labute approximate surface area is 135 Å². The molecule has 1 aliphatic carbocycles. The van der Waals surface area contributed by atoms with Crippen molar-refractivity contribution < 1.29 is 14.7 Å². The van der Waals surface area contributed by atoms with Gasteiger partial charge in [-0.2, -0.15) is 0 Å². The second-order valence-electron chi connectivity index (χ2n) is 7.53. The van der Waals surface area contributed by atoms with Gasteiger partial charge in [-0.3, -0.25) is 9.59 Å². The zero-order valence-corrected chi connectivity index (χ0v) is 14.6. The lowest BCUT2D eigenvalue weighted by Crippen LogP contribution is -2.29. The summed E-state index contributed by atoms with van der Waals surface area (Å²) in [5.41, 5.74) is 0.648. The molecule has 0 unspecified atom stereocenters. The molecule has 1 heterocycles. The first-order valence-electron chi connectivity index (χ1n) is 7.50. The third-order valence-electron chi connectivity index (χ3n) is 4.33. The fourth-order valence-corrected chi connectivity index (χ4v) is 3.79. The van der Waals surface area contributed by atoms with Gasteiger partial charge in [0.05, 0.1) is 22.5 Å². The maximum absolute atomic E-state index is 12.1. The molecule has 6 heteroatoms. The lowest BCUT2D eigenvalue weighted by atomic mass is 9.93. The fourth-order valence-electron chi connectivity index (χ4n) is 2.76. The number of carbonyl (C=O) groups is 2. The highest BCUT2D eigenvalue weighted by molar-refractivity contribution is 7.09. The number of amides is 1. The van der Waals surface area contributed by atoms with Gasteiger partial charge in [-0.15, -0.1) is 11.3 Å². The zero-order chi connectivity index (χ0) is 16.7. The van der Waals surface area contributed by atoms with Gasteiger partial charge in [0, 0.05) is 23.8 Å². The second kappa shape index (κ2) is 5.65. The van der Waals surface area contributed by atoms with Gasteiger partial charge in [0.1, 0.15) is 0 Å². The van der Waals surface area contributed by atoms with E-state index >= 15 is 0 Å². The number of rotatable bonds is 5. The van der Waals surface area contributed by atoms with Gasteiger partial charge in [-0.25, -0.2) is 4.98 Å². The van der Waals surface area contributed by atoms with Crippen molar-refractivity contribution in [3.05, 3.63) is 16.1 Å². The Morgan fingerprint density at radius 1 is 1.36 bits per heavy atom. The minimum atomic E-state index is -0.889. The van der Waals surface area contributed by atoms with Crippen LogP contribution in [0, 0.1) is 17.3 Å². The number of carboxylic acid groups (broad SMARTS) is 1. The summed E-state index contributed by atoms with van der Waals surface area (Å²) in [6.07, 6.45) is 0.678. The van der Waals surface area contributed by atoms with E-state index in [1.165, 1.54) is 0 Å². The van der Waals surface area contributed by atoms with Crippen LogP contribution in [0.25, 0.3) is 0 Å². The number of carboxylic acids is 1. The summed E-state index contributed by atoms with van der Waals surface area (Å²) in [4.78, 5) is 27.8. The Morgan fingerprint density at radius 3 is 2.45 bits per heavy atom. The molecule has 22 heavy (non-hydrogen) atoms. The van der Waals surface area contributed by atoms with Crippen LogP contribution in [0.3, 0.4) is 0 Å². The number of thiazole rings is 1. The van der Waals surface area contributed by atoms with Gasteiger partial charge in [-0.1, -0.05) is 34.6 Å². The second-order valence-corrected chi connectivity index (χ2v) is 8.48. The van der Waals surface area contributed by atoms with Gasteiger partial charge < -0.3 is 10.4 Å². The molecule has 0 radical (unpaired) electrons. The highest BCUT2D eigenvalue weighted by Gasteiger charge is 2.65. The molecule has 0 saturated heterocycles. The summed E-state index contributed by atoms with van der Waals surface area (Å²) in [5, 5.41) is 15.0. The summed E-state index contributed by atoms with van der Waals surface area (Å²) < 4.78 is 0. The van der Waals surface area contributed by atoms with Crippen molar-refractivity contribution in [1.29, 1.82) is 0 Å². The average molecular weight is 324 g/mol. The van der Waals surface area contributed by atoms with E-state index in [2.05, 4.69) is 36.5 Å². The van der Waals surface area contributed by atoms with Crippen LogP contribution in [0.2, 0.25) is 0 Å². The van der Waals surface area contributed by atoms with Crippen molar-refractivity contribution in [3.63, 3.8) is 0 Å². The van der Waals surface area contributed by atoms with Crippen molar-refractivity contribution in [2.75, 3.05) is 6.54 Å². The standard InChI is InChI=1S/C16H24N2O3S/c1-15(2,3)9-8-22-10(18-9)6-7-17-13(19)11-12(14(20)21)16(11,4)5/h8,11-12H,6-7H2,1-5H3,(H,17,19)(H,20,21)/t11-,12+/m0/s1. The first-order valence-corrected chi connectivity index (χ1v) is 8.38. The summed E-state index contributed by atoms with van der Waals surface area (Å²) in [6.45, 7) is 10.5. The molecule has 1 aromatic heterocycles. The lowest BCUT2D eigenvalue weighted by molar-refractivity contribution is -0.140. The molecule has 5 nitrogen and oxygen atoms in total. The van der Waals surface area contributed by atoms with Gasteiger partial charge in [0.2, 0.25) is 5.91 Å². The fraction of sp³-hybridized carbons (Fsp3) is 0.688. The van der Waals surface area contributed by atoms with Gasteiger partial charge in [0.25, 0.3) is 0 Å². The molecule has 0 aromatic carbocycles. The summed E-state index contributed by atoms with van der Waals surface area (Å²) >= 11 is 1.60. The van der Waals surface area contributed by atoms with Crippen LogP contribution < -0.4 is 5.32 Å². The van der Waals surface area contributed by atoms with E-state index in [4.69, 9.17) is 5.11 Å². The minimum Gasteiger partial charge on any atom is -0.481 e. The number of aromatic nitrogens is 1. The molecular weight excluding hydrogens is 300 g/mol. The van der Waals surface area contributed by atoms with Crippen LogP contribution in [-0.4, -0.2) is 28.5 Å². The van der Waals surface area contributed by atoms with E-state index in [1.807, 2.05) is 13.8 Å². The van der Waals surface area contributed by atoms with E-state index < -0.39 is 23.2 Å². The highest BCUT2D eigenvalue weighted by Crippen LogP contribution is 2.58. The smallest absolute Gasteiger partial charge is 0.307 e. The van der Waals surface area contributed by atoms with Crippen molar-refractivity contribution in [1.82, 2.24) is 10.3 Å². The Morgan fingerprint density at radius 2 is 2.00 bits per heavy atom. The van der Waals surface area contributed by atoms with Crippen LogP contribution in [0.4, 0.5) is 0 Å². The molecule has 0 aliphatic heterocycles. The van der Waals surface area contributed by atoms with Gasteiger partial charge in [-0.05, 0) is 5.41 Å². The molecule has 1 aliphatic rings. The van der Waals surface area contributed by atoms with Crippen molar-refractivity contribution in [2.24, 2.45) is 17.3 Å². The number of hydrogen-bond donors (Lipinski definition) is 2. The molecule has 2 N–H and O–H groups in total. The average Bonchev–Trinajstić information content (AvgIpc) is 2.73. The Bertz CT molecular complexity index is 586. The third kappa shape index (κ3) is 3.32. The van der Waals surface area contributed by atoms with Gasteiger partial charge >= 0.3 is 5.97 Å². The van der Waals surface area contributed by atoms with Crippen LogP contribution >= 0.6 is 11.3 Å². The number of aliphatic carboxylic acids is 1. The largest absolute Gasteiger partial charge is 0.481 e. The summed E-state index contributed by atoms with van der Waals surface area (Å²) in [6, 6.07) is 0. The SMILES string of the molecule is CC(C)(C)c1csc(CCNC(=O)[C@@H]2[C@H](C(=O)O)C2(C)C)n1. The molecule has 1 saturated carbocycles. The molecule has 0 bridgehead atoms. The van der Waals surface area contributed by atoms with Crippen molar-refractivity contribution >= 4 is 23.2 Å². The lowest BCUT2D eigenvalue weighted by Gasteiger charge is -2.14. The van der Waals surface area contributed by atoms with E-state index in [1.54, 1.807) is 11.3 Å². The molecule has 2 atom stereocenters. The van der Waals surface area contributed by atoms with E-state index in [0.29, 0.717) is 13.0 Å². The Balaban J connectivity index is 1.84. The zero-order valence-electron chi connectivity index (χ0n) is 13.8. The Hall–Kier alpha value is -1.43. The summed E-state index contributed by atoms with van der Waals surface area (Å²) in [5.74, 6) is -2.05. The number of nitrogens with zero attached hydrogens (tertiary/aromatic N) is 1. The van der Waals surface area contributed by atoms with Crippen LogP contribution in [0.1, 0.15) is 45.3 Å². The monoisotopic (exact) mass is 324 g/mol. The predicted octanol–water partition coefficient (Wildman–Crippen LogP) is 2.46. The van der Waals surface area contributed by atoms with E-state index in [-0.39, 0.29) is 11.3 Å². The van der Waals surface area contributed by atoms with Crippen molar-refractivity contribution in [2.45, 2.75) is 46.5 Å². The van der Waals surface area contributed by atoms with Gasteiger partial charge in [0.15, 0.2) is 0 Å². The van der Waals surface area contributed by atoms with E-state index in [9.17, 15) is 9.59 Å².